The molecule has 1 spiro atoms. The Labute approximate surface area is 171 Å². The molecule has 9 atom stereocenters. The van der Waals surface area contributed by atoms with Crippen LogP contribution in [0.15, 0.2) is 23.8 Å². The summed E-state index contributed by atoms with van der Waals surface area (Å²) < 4.78 is 6.21. The number of fused-ring (bicyclic) bond motifs is 9. The molecule has 0 aromatic rings. The Hall–Kier alpha value is -1.03. The number of carbonyl (C=O) groups is 2. The van der Waals surface area contributed by atoms with E-state index in [1.54, 1.807) is 0 Å². The number of hydrogen-bond acceptors (Lipinski definition) is 4. The standard InChI is InChI=1S/C24H30O3S/c1-22-7-4-14(25)10-13(22)11-18(28-3)20-16(22)5-8-23(2)21(20)15-12-17(15)24(23)9-6-19(26)27-24/h4,7,10,15-18,20-21H,5-6,8-9,11-12H2,1-3H3/t15-,16+,17+,18?,20+,21+,22+,23+,24+/m1/s1. The Balaban J connectivity index is 1.45. The van der Waals surface area contributed by atoms with E-state index in [1.165, 1.54) is 18.4 Å². The van der Waals surface area contributed by atoms with Gasteiger partial charge in [0.1, 0.15) is 5.60 Å². The molecule has 1 aliphatic heterocycles. The Morgan fingerprint density at radius 2 is 2.00 bits per heavy atom. The molecule has 0 aromatic heterocycles. The molecular weight excluding hydrogens is 368 g/mol. The molecule has 4 saturated carbocycles. The van der Waals surface area contributed by atoms with Crippen LogP contribution in [0.5, 0.6) is 0 Å². The second kappa shape index (κ2) is 5.36. The highest BCUT2D eigenvalue weighted by Crippen LogP contribution is 2.79. The van der Waals surface area contributed by atoms with Crippen LogP contribution < -0.4 is 0 Å². The van der Waals surface area contributed by atoms with Gasteiger partial charge in [0, 0.05) is 28.4 Å². The van der Waals surface area contributed by atoms with Crippen LogP contribution in [0, 0.1) is 40.4 Å². The van der Waals surface area contributed by atoms with Crippen molar-refractivity contribution in [3.8, 4) is 0 Å². The maximum Gasteiger partial charge on any atom is 0.306 e. The van der Waals surface area contributed by atoms with Crippen molar-refractivity contribution < 1.29 is 14.3 Å². The van der Waals surface area contributed by atoms with E-state index in [9.17, 15) is 9.59 Å². The first-order valence-electron chi connectivity index (χ1n) is 11.0. The van der Waals surface area contributed by atoms with Gasteiger partial charge < -0.3 is 4.74 Å². The predicted molar refractivity (Wildman–Crippen MR) is 110 cm³/mol. The first-order chi connectivity index (χ1) is 13.3. The zero-order chi connectivity index (χ0) is 19.5. The highest BCUT2D eigenvalue weighted by Gasteiger charge is 2.79. The van der Waals surface area contributed by atoms with Crippen LogP contribution in [0.2, 0.25) is 0 Å². The van der Waals surface area contributed by atoms with Crippen LogP contribution >= 0.6 is 11.8 Å². The van der Waals surface area contributed by atoms with Gasteiger partial charge in [0.25, 0.3) is 0 Å². The number of ether oxygens (including phenoxy) is 1. The second-order valence-corrected chi connectivity index (χ2v) is 11.8. The lowest BCUT2D eigenvalue weighted by molar-refractivity contribution is -0.174. The van der Waals surface area contributed by atoms with E-state index in [4.69, 9.17) is 4.74 Å². The van der Waals surface area contributed by atoms with E-state index in [0.717, 1.165) is 25.2 Å². The lowest BCUT2D eigenvalue weighted by Gasteiger charge is -2.61. The summed E-state index contributed by atoms with van der Waals surface area (Å²) in [6.45, 7) is 4.84. The molecule has 0 N–H and O–H groups in total. The van der Waals surface area contributed by atoms with Crippen LogP contribution in [0.25, 0.3) is 0 Å². The number of carbonyl (C=O) groups excluding carboxylic acids is 2. The normalized spacial score (nSPS) is 55.9. The maximum atomic E-state index is 12.2. The van der Waals surface area contributed by atoms with Crippen LogP contribution in [0.3, 0.4) is 0 Å². The highest BCUT2D eigenvalue weighted by atomic mass is 32.2. The number of ketones is 1. The van der Waals surface area contributed by atoms with Crippen molar-refractivity contribution in [2.75, 3.05) is 6.26 Å². The molecule has 5 aliphatic carbocycles. The van der Waals surface area contributed by atoms with E-state index >= 15 is 0 Å². The molecular formula is C24H30O3S. The Morgan fingerprint density at radius 1 is 1.18 bits per heavy atom. The van der Waals surface area contributed by atoms with E-state index in [0.29, 0.717) is 35.3 Å². The van der Waals surface area contributed by atoms with Gasteiger partial charge in [0.05, 0.1) is 0 Å². The molecule has 3 nitrogen and oxygen atoms in total. The Kier molecular flexibility index (Phi) is 3.41. The Morgan fingerprint density at radius 3 is 2.71 bits per heavy atom. The van der Waals surface area contributed by atoms with Crippen molar-refractivity contribution in [1.82, 2.24) is 0 Å². The van der Waals surface area contributed by atoms with Crippen LogP contribution in [-0.4, -0.2) is 28.9 Å². The molecule has 1 unspecified atom stereocenters. The molecule has 0 radical (unpaired) electrons. The van der Waals surface area contributed by atoms with Gasteiger partial charge in [-0.3, -0.25) is 9.59 Å². The van der Waals surface area contributed by atoms with Crippen LogP contribution in [0.4, 0.5) is 0 Å². The van der Waals surface area contributed by atoms with Gasteiger partial charge in [0.15, 0.2) is 5.78 Å². The fourth-order valence-electron chi connectivity index (χ4n) is 8.73. The maximum absolute atomic E-state index is 12.2. The number of thioether (sulfide) groups is 1. The summed E-state index contributed by atoms with van der Waals surface area (Å²) in [5.74, 6) is 3.44. The number of hydrogen-bond donors (Lipinski definition) is 0. The van der Waals surface area contributed by atoms with E-state index in [1.807, 2.05) is 23.9 Å². The largest absolute Gasteiger partial charge is 0.458 e. The van der Waals surface area contributed by atoms with Crippen molar-refractivity contribution in [2.45, 2.75) is 63.2 Å². The summed E-state index contributed by atoms with van der Waals surface area (Å²) in [6.07, 6.45) is 14.4. The zero-order valence-electron chi connectivity index (χ0n) is 17.1. The van der Waals surface area contributed by atoms with Gasteiger partial charge in [-0.15, -0.1) is 0 Å². The predicted octanol–water partition coefficient (Wildman–Crippen LogP) is 4.57. The molecule has 150 valence electrons. The van der Waals surface area contributed by atoms with Gasteiger partial charge >= 0.3 is 5.97 Å². The summed E-state index contributed by atoms with van der Waals surface area (Å²) in [4.78, 5) is 24.3. The number of esters is 1. The fraction of sp³-hybridized carbons (Fsp3) is 0.750. The van der Waals surface area contributed by atoms with Crippen LogP contribution in [-0.2, 0) is 14.3 Å². The first-order valence-corrected chi connectivity index (χ1v) is 12.3. The third-order valence-corrected chi connectivity index (χ3v) is 11.1. The van der Waals surface area contributed by atoms with Crippen LogP contribution in [0.1, 0.15) is 52.4 Å². The first kappa shape index (κ1) is 17.8. The molecule has 6 rings (SSSR count). The smallest absolute Gasteiger partial charge is 0.306 e. The Bertz CT molecular complexity index is 845. The molecule has 6 aliphatic rings. The van der Waals surface area contributed by atoms with E-state index < -0.39 is 0 Å². The van der Waals surface area contributed by atoms with Gasteiger partial charge in [-0.25, -0.2) is 0 Å². The molecule has 0 bridgehead atoms. The minimum absolute atomic E-state index is 0.0264. The molecule has 1 saturated heterocycles. The molecule has 4 heteroatoms. The average Bonchev–Trinajstić information content (AvgIpc) is 3.30. The van der Waals surface area contributed by atoms with Gasteiger partial charge in [-0.1, -0.05) is 25.5 Å². The quantitative estimate of drug-likeness (QED) is 0.607. The summed E-state index contributed by atoms with van der Waals surface area (Å²) in [7, 11) is 0. The summed E-state index contributed by atoms with van der Waals surface area (Å²) in [6, 6.07) is 0. The molecule has 28 heavy (non-hydrogen) atoms. The molecule has 0 aromatic carbocycles. The van der Waals surface area contributed by atoms with Gasteiger partial charge in [-0.05, 0) is 74.2 Å². The van der Waals surface area contributed by atoms with Crippen molar-refractivity contribution in [2.24, 2.45) is 40.4 Å². The lowest BCUT2D eigenvalue weighted by atomic mass is 9.46. The van der Waals surface area contributed by atoms with Gasteiger partial charge in [-0.2, -0.15) is 11.8 Å². The number of rotatable bonds is 1. The van der Waals surface area contributed by atoms with Crippen molar-refractivity contribution in [3.05, 3.63) is 23.8 Å². The number of allylic oxidation sites excluding steroid dienone is 4. The van der Waals surface area contributed by atoms with Gasteiger partial charge in [0.2, 0.25) is 0 Å². The lowest BCUT2D eigenvalue weighted by Crippen LogP contribution is -2.59. The SMILES string of the molecule is CSC1CC2=CC(=O)C=C[C@]2(C)[C@H]2CC[C@@]3(C)[C@@H]([C@@H]4C[C@@H]4[C@@]34CCC(=O)O4)[C@H]12. The van der Waals surface area contributed by atoms with Crippen molar-refractivity contribution in [3.63, 3.8) is 0 Å². The highest BCUT2D eigenvalue weighted by molar-refractivity contribution is 7.99. The van der Waals surface area contributed by atoms with E-state index in [2.05, 4.69) is 26.2 Å². The third-order valence-electron chi connectivity index (χ3n) is 9.98. The zero-order valence-corrected chi connectivity index (χ0v) is 17.9. The van der Waals surface area contributed by atoms with Crippen molar-refractivity contribution in [1.29, 1.82) is 0 Å². The fourth-order valence-corrected chi connectivity index (χ4v) is 9.75. The van der Waals surface area contributed by atoms with Crippen molar-refractivity contribution >= 4 is 23.5 Å². The molecule has 1 heterocycles. The summed E-state index contributed by atoms with van der Waals surface area (Å²) >= 11 is 2.00. The topological polar surface area (TPSA) is 43.4 Å². The average molecular weight is 399 g/mol. The van der Waals surface area contributed by atoms with E-state index in [-0.39, 0.29) is 28.2 Å². The minimum atomic E-state index is -0.178. The third kappa shape index (κ3) is 1.90. The monoisotopic (exact) mass is 398 g/mol. The molecule has 0 amide bonds. The summed E-state index contributed by atoms with van der Waals surface area (Å²) in [5, 5.41) is 0.571. The minimum Gasteiger partial charge on any atom is -0.458 e. The summed E-state index contributed by atoms with van der Waals surface area (Å²) in [5.41, 5.74) is 1.34. The molecule has 5 fully saturated rings. The second-order valence-electron chi connectivity index (χ2n) is 10.7.